The van der Waals surface area contributed by atoms with E-state index in [1.807, 2.05) is 17.9 Å². The minimum absolute atomic E-state index is 0.366. The number of nitrogens with one attached hydrogen (secondary N) is 1. The zero-order valence-electron chi connectivity index (χ0n) is 12.8. The molecule has 0 fully saturated rings. The Kier molecular flexibility index (Phi) is 5.36. The van der Waals surface area contributed by atoms with Crippen LogP contribution < -0.4 is 5.32 Å². The number of hydrogen-bond acceptors (Lipinski definition) is 2. The van der Waals surface area contributed by atoms with Crippen LogP contribution in [0, 0.1) is 0 Å². The van der Waals surface area contributed by atoms with Crippen LogP contribution in [-0.4, -0.2) is 16.3 Å². The molecule has 3 heteroatoms. The van der Waals surface area contributed by atoms with Gasteiger partial charge in [-0.05, 0) is 42.5 Å². The molecule has 108 valence electrons. The van der Waals surface area contributed by atoms with Crippen molar-refractivity contribution in [1.82, 2.24) is 15.1 Å². The topological polar surface area (TPSA) is 29.9 Å². The van der Waals surface area contributed by atoms with E-state index in [9.17, 15) is 0 Å². The van der Waals surface area contributed by atoms with Gasteiger partial charge in [-0.15, -0.1) is 0 Å². The van der Waals surface area contributed by atoms with Crippen molar-refractivity contribution in [3.63, 3.8) is 0 Å². The van der Waals surface area contributed by atoms with Gasteiger partial charge in [-0.25, -0.2) is 0 Å². The van der Waals surface area contributed by atoms with Gasteiger partial charge in [0.05, 0.1) is 6.20 Å². The second-order valence-electron chi connectivity index (χ2n) is 5.33. The Morgan fingerprint density at radius 3 is 2.45 bits per heavy atom. The maximum Gasteiger partial charge on any atom is 0.0522 e. The highest BCUT2D eigenvalue weighted by Gasteiger charge is 2.12. The molecule has 0 aliphatic carbocycles. The SMILES string of the molecule is CCCNC(Cc1cnn(C)c1)c1ccc(CC)cc1. The number of rotatable bonds is 7. The van der Waals surface area contributed by atoms with Gasteiger partial charge in [-0.2, -0.15) is 5.10 Å². The maximum atomic E-state index is 4.26. The van der Waals surface area contributed by atoms with E-state index >= 15 is 0 Å². The average molecular weight is 271 g/mol. The number of aromatic nitrogens is 2. The Hall–Kier alpha value is -1.61. The van der Waals surface area contributed by atoms with Crippen LogP contribution in [-0.2, 0) is 19.9 Å². The summed E-state index contributed by atoms with van der Waals surface area (Å²) in [5, 5.41) is 7.90. The fraction of sp³-hybridized carbons (Fsp3) is 0.471. The third-order valence-electron chi connectivity index (χ3n) is 3.63. The molecule has 3 nitrogen and oxygen atoms in total. The quantitative estimate of drug-likeness (QED) is 0.837. The van der Waals surface area contributed by atoms with Gasteiger partial charge in [0.2, 0.25) is 0 Å². The van der Waals surface area contributed by atoms with E-state index < -0.39 is 0 Å². The zero-order valence-corrected chi connectivity index (χ0v) is 12.8. The Bertz CT molecular complexity index is 513. The molecule has 1 aromatic heterocycles. The number of nitrogens with zero attached hydrogens (tertiary/aromatic N) is 2. The third kappa shape index (κ3) is 3.94. The van der Waals surface area contributed by atoms with Crippen molar-refractivity contribution in [2.75, 3.05) is 6.54 Å². The van der Waals surface area contributed by atoms with Crippen LogP contribution in [0.5, 0.6) is 0 Å². The van der Waals surface area contributed by atoms with E-state index in [4.69, 9.17) is 0 Å². The van der Waals surface area contributed by atoms with Gasteiger partial charge >= 0.3 is 0 Å². The van der Waals surface area contributed by atoms with Crippen LogP contribution in [0.4, 0.5) is 0 Å². The normalized spacial score (nSPS) is 12.6. The van der Waals surface area contributed by atoms with Crippen molar-refractivity contribution in [2.24, 2.45) is 7.05 Å². The highest BCUT2D eigenvalue weighted by molar-refractivity contribution is 5.26. The highest BCUT2D eigenvalue weighted by atomic mass is 15.2. The lowest BCUT2D eigenvalue weighted by atomic mass is 9.99. The van der Waals surface area contributed by atoms with Crippen molar-refractivity contribution in [3.05, 3.63) is 53.3 Å². The number of hydrogen-bond donors (Lipinski definition) is 1. The number of aryl methyl sites for hydroxylation is 2. The van der Waals surface area contributed by atoms with Gasteiger partial charge in [0, 0.05) is 19.3 Å². The monoisotopic (exact) mass is 271 g/mol. The molecule has 1 aromatic carbocycles. The summed E-state index contributed by atoms with van der Waals surface area (Å²) < 4.78 is 1.87. The first-order valence-corrected chi connectivity index (χ1v) is 7.52. The molecule has 1 atom stereocenters. The van der Waals surface area contributed by atoms with Crippen LogP contribution in [0.25, 0.3) is 0 Å². The Labute approximate surface area is 122 Å². The summed E-state index contributed by atoms with van der Waals surface area (Å²) in [6.45, 7) is 5.44. The van der Waals surface area contributed by atoms with E-state index in [-0.39, 0.29) is 0 Å². The third-order valence-corrected chi connectivity index (χ3v) is 3.63. The first kappa shape index (κ1) is 14.8. The fourth-order valence-corrected chi connectivity index (χ4v) is 2.43. The molecule has 0 saturated heterocycles. The minimum atomic E-state index is 0.366. The molecule has 1 N–H and O–H groups in total. The van der Waals surface area contributed by atoms with Crippen LogP contribution in [0.15, 0.2) is 36.7 Å². The second-order valence-corrected chi connectivity index (χ2v) is 5.33. The molecule has 2 aromatic rings. The molecule has 1 unspecified atom stereocenters. The summed E-state index contributed by atoms with van der Waals surface area (Å²) in [6, 6.07) is 9.34. The van der Waals surface area contributed by atoms with Crippen molar-refractivity contribution < 1.29 is 0 Å². The molecule has 20 heavy (non-hydrogen) atoms. The first-order valence-electron chi connectivity index (χ1n) is 7.52. The fourth-order valence-electron chi connectivity index (χ4n) is 2.43. The van der Waals surface area contributed by atoms with Crippen molar-refractivity contribution in [3.8, 4) is 0 Å². The first-order chi connectivity index (χ1) is 9.72. The lowest BCUT2D eigenvalue weighted by Gasteiger charge is -2.18. The lowest BCUT2D eigenvalue weighted by molar-refractivity contribution is 0.529. The van der Waals surface area contributed by atoms with E-state index in [0.29, 0.717) is 6.04 Å². The Morgan fingerprint density at radius 2 is 1.90 bits per heavy atom. The van der Waals surface area contributed by atoms with Gasteiger partial charge in [-0.1, -0.05) is 38.1 Å². The highest BCUT2D eigenvalue weighted by Crippen LogP contribution is 2.19. The Morgan fingerprint density at radius 1 is 1.15 bits per heavy atom. The van der Waals surface area contributed by atoms with E-state index in [1.165, 1.54) is 16.7 Å². The molecule has 1 heterocycles. The van der Waals surface area contributed by atoms with Crippen LogP contribution in [0.3, 0.4) is 0 Å². The molecule has 0 spiro atoms. The molecular weight excluding hydrogens is 246 g/mol. The lowest BCUT2D eigenvalue weighted by Crippen LogP contribution is -2.24. The van der Waals surface area contributed by atoms with E-state index in [1.54, 1.807) is 0 Å². The maximum absolute atomic E-state index is 4.26. The molecule has 0 aliphatic heterocycles. The van der Waals surface area contributed by atoms with Crippen molar-refractivity contribution in [2.45, 2.75) is 39.2 Å². The standard InChI is InChI=1S/C17H25N3/c1-4-10-18-17(11-15-12-19-20(3)13-15)16-8-6-14(5-2)7-9-16/h6-9,12-13,17-18H,4-5,10-11H2,1-3H3. The summed E-state index contributed by atoms with van der Waals surface area (Å²) in [6.07, 6.45) is 7.29. The molecule has 0 amide bonds. The van der Waals surface area contributed by atoms with Gasteiger partial charge < -0.3 is 5.32 Å². The largest absolute Gasteiger partial charge is 0.310 e. The van der Waals surface area contributed by atoms with Crippen LogP contribution in [0.2, 0.25) is 0 Å². The molecule has 0 aliphatic rings. The predicted octanol–water partition coefficient (Wildman–Crippen LogP) is 3.27. The molecular formula is C17H25N3. The number of benzene rings is 1. The Balaban J connectivity index is 2.12. The molecule has 0 bridgehead atoms. The molecule has 0 radical (unpaired) electrons. The van der Waals surface area contributed by atoms with Crippen molar-refractivity contribution >= 4 is 0 Å². The predicted molar refractivity (Wildman–Crippen MR) is 83.8 cm³/mol. The summed E-state index contributed by atoms with van der Waals surface area (Å²) in [7, 11) is 1.97. The minimum Gasteiger partial charge on any atom is -0.310 e. The van der Waals surface area contributed by atoms with Gasteiger partial charge in [0.25, 0.3) is 0 Å². The average Bonchev–Trinajstić information content (AvgIpc) is 2.89. The van der Waals surface area contributed by atoms with Gasteiger partial charge in [-0.3, -0.25) is 4.68 Å². The summed E-state index contributed by atoms with van der Waals surface area (Å²) >= 11 is 0. The van der Waals surface area contributed by atoms with Crippen molar-refractivity contribution in [1.29, 1.82) is 0 Å². The van der Waals surface area contributed by atoms with Crippen LogP contribution >= 0.6 is 0 Å². The second kappa shape index (κ2) is 7.25. The van der Waals surface area contributed by atoms with Gasteiger partial charge in [0.15, 0.2) is 0 Å². The van der Waals surface area contributed by atoms with Gasteiger partial charge in [0.1, 0.15) is 0 Å². The van der Waals surface area contributed by atoms with E-state index in [0.717, 1.165) is 25.8 Å². The summed E-state index contributed by atoms with van der Waals surface area (Å²) in [5.41, 5.74) is 4.03. The van der Waals surface area contributed by atoms with E-state index in [2.05, 4.69) is 54.7 Å². The summed E-state index contributed by atoms with van der Waals surface area (Å²) in [5.74, 6) is 0. The smallest absolute Gasteiger partial charge is 0.0522 e. The molecule has 2 rings (SSSR count). The van der Waals surface area contributed by atoms with Crippen LogP contribution in [0.1, 0.15) is 43.0 Å². The molecule has 0 saturated carbocycles. The zero-order chi connectivity index (χ0) is 14.4. The summed E-state index contributed by atoms with van der Waals surface area (Å²) in [4.78, 5) is 0.